The summed E-state index contributed by atoms with van der Waals surface area (Å²) in [4.78, 5) is 17.3. The van der Waals surface area contributed by atoms with E-state index in [1.165, 1.54) is 0 Å². The number of nitrogens with zero attached hydrogens (tertiary/aromatic N) is 5. The summed E-state index contributed by atoms with van der Waals surface area (Å²) in [6, 6.07) is 10.2. The van der Waals surface area contributed by atoms with E-state index in [0.29, 0.717) is 12.0 Å². The third-order valence-electron chi connectivity index (χ3n) is 5.72. The maximum atomic E-state index is 12.8. The van der Waals surface area contributed by atoms with Crippen LogP contribution >= 0.6 is 0 Å². The number of rotatable bonds is 6. The number of amides is 1. The number of aromatic nitrogens is 3. The van der Waals surface area contributed by atoms with Crippen molar-refractivity contribution in [3.05, 3.63) is 42.2 Å². The number of piperidine rings is 3. The van der Waals surface area contributed by atoms with Gasteiger partial charge in [0.15, 0.2) is 0 Å². The quantitative estimate of drug-likeness (QED) is 0.841. The smallest absolute Gasteiger partial charge is 0.229 e. The van der Waals surface area contributed by atoms with E-state index >= 15 is 0 Å². The molecule has 3 saturated heterocycles. The Morgan fingerprint density at radius 3 is 2.81 bits per heavy atom. The molecule has 1 N–H and O–H groups in total. The topological polar surface area (TPSA) is 66.3 Å². The van der Waals surface area contributed by atoms with Gasteiger partial charge >= 0.3 is 0 Å². The maximum Gasteiger partial charge on any atom is 0.229 e. The van der Waals surface area contributed by atoms with Crippen LogP contribution in [0, 0.1) is 11.8 Å². The van der Waals surface area contributed by atoms with Crippen LogP contribution in [0.15, 0.2) is 36.5 Å². The Labute approximate surface area is 160 Å². The molecule has 4 heterocycles. The fourth-order valence-corrected chi connectivity index (χ4v) is 4.42. The first kappa shape index (κ1) is 18.1. The second-order valence-corrected chi connectivity index (χ2v) is 8.06. The van der Waals surface area contributed by atoms with Gasteiger partial charge < -0.3 is 10.2 Å². The van der Waals surface area contributed by atoms with E-state index < -0.39 is 0 Å². The molecule has 3 fully saturated rings. The van der Waals surface area contributed by atoms with Crippen molar-refractivity contribution in [1.82, 2.24) is 24.8 Å². The number of para-hydroxylation sites is 1. The number of fused-ring (bicyclic) bond motifs is 3. The first-order valence-electron chi connectivity index (χ1n) is 9.72. The van der Waals surface area contributed by atoms with Gasteiger partial charge in [0.1, 0.15) is 0 Å². The highest BCUT2D eigenvalue weighted by molar-refractivity contribution is 5.93. The van der Waals surface area contributed by atoms with Gasteiger partial charge in [-0.1, -0.05) is 23.4 Å². The van der Waals surface area contributed by atoms with Crippen LogP contribution in [0.25, 0.3) is 0 Å². The van der Waals surface area contributed by atoms with Gasteiger partial charge in [0.05, 0.1) is 18.2 Å². The summed E-state index contributed by atoms with van der Waals surface area (Å²) in [5.41, 5.74) is 1.88. The molecule has 4 atom stereocenters. The van der Waals surface area contributed by atoms with E-state index in [1.54, 1.807) is 0 Å². The van der Waals surface area contributed by atoms with E-state index in [4.69, 9.17) is 0 Å². The molecule has 3 aliphatic rings. The molecule has 2 bridgehead atoms. The van der Waals surface area contributed by atoms with Crippen LogP contribution in [0.5, 0.6) is 0 Å². The third kappa shape index (κ3) is 4.20. The van der Waals surface area contributed by atoms with Crippen LogP contribution in [-0.4, -0.2) is 63.9 Å². The first-order chi connectivity index (χ1) is 13.1. The predicted octanol–water partition coefficient (Wildman–Crippen LogP) is 1.69. The minimum Gasteiger partial charge on any atom is -0.326 e. The van der Waals surface area contributed by atoms with Crippen molar-refractivity contribution in [3.63, 3.8) is 0 Å². The average Bonchev–Trinajstić information content (AvgIpc) is 3.09. The lowest BCUT2D eigenvalue weighted by molar-refractivity contribution is -0.127. The Bertz CT molecular complexity index is 774. The Hall–Kier alpha value is -2.25. The second kappa shape index (κ2) is 7.78. The molecule has 7 heteroatoms. The van der Waals surface area contributed by atoms with Crippen molar-refractivity contribution in [2.75, 3.05) is 32.5 Å². The lowest BCUT2D eigenvalue weighted by atomic mass is 9.75. The molecule has 1 aromatic heterocycles. The van der Waals surface area contributed by atoms with E-state index in [9.17, 15) is 4.79 Å². The number of carbonyl (C=O) groups excluding carboxylic acids is 1. The van der Waals surface area contributed by atoms with Crippen LogP contribution in [0.3, 0.4) is 0 Å². The molecule has 0 saturated carbocycles. The van der Waals surface area contributed by atoms with Gasteiger partial charge in [-0.3, -0.25) is 14.4 Å². The summed E-state index contributed by atoms with van der Waals surface area (Å²) in [6.45, 7) is 3.57. The van der Waals surface area contributed by atoms with Crippen molar-refractivity contribution in [1.29, 1.82) is 0 Å². The maximum absolute atomic E-state index is 12.8. The molecule has 1 amide bonds. The summed E-state index contributed by atoms with van der Waals surface area (Å²) in [5, 5.41) is 11.6. The van der Waals surface area contributed by atoms with Crippen LogP contribution in [-0.2, 0) is 17.9 Å². The van der Waals surface area contributed by atoms with Crippen molar-refractivity contribution in [2.24, 2.45) is 11.8 Å². The summed E-state index contributed by atoms with van der Waals surface area (Å²) >= 11 is 0. The molecule has 27 heavy (non-hydrogen) atoms. The fraction of sp³-hybridized carbons (Fsp3) is 0.550. The molecule has 7 nitrogen and oxygen atoms in total. The molecule has 0 spiro atoms. The largest absolute Gasteiger partial charge is 0.326 e. The first-order valence-corrected chi connectivity index (χ1v) is 9.72. The Morgan fingerprint density at radius 1 is 1.30 bits per heavy atom. The van der Waals surface area contributed by atoms with Gasteiger partial charge in [-0.2, -0.15) is 0 Å². The summed E-state index contributed by atoms with van der Waals surface area (Å²) in [5.74, 6) is 0.687. The highest BCUT2D eigenvalue weighted by atomic mass is 16.2. The fourth-order valence-electron chi connectivity index (χ4n) is 4.42. The number of hydrogen-bond donors (Lipinski definition) is 1. The van der Waals surface area contributed by atoms with Crippen LogP contribution in [0.2, 0.25) is 0 Å². The standard InChI is InChI=1S/C20H28N6O/c1-24(2)11-17-12-26(23-22-17)13-18-10-15-8-9-25(18)14-19(15)20(27)21-16-6-4-3-5-7-16/h3-7,12,15,18-19H,8-11,13-14H2,1-2H3,(H,21,27)/t15-,18-,19+/m1/s1. The van der Waals surface area contributed by atoms with Crippen molar-refractivity contribution >= 4 is 11.6 Å². The van der Waals surface area contributed by atoms with Gasteiger partial charge in [-0.25, -0.2) is 0 Å². The molecule has 5 rings (SSSR count). The van der Waals surface area contributed by atoms with Crippen molar-refractivity contribution < 1.29 is 4.79 Å². The molecule has 144 valence electrons. The Kier molecular flexibility index (Phi) is 5.22. The molecule has 1 unspecified atom stereocenters. The monoisotopic (exact) mass is 368 g/mol. The molecule has 2 aromatic rings. The van der Waals surface area contributed by atoms with Gasteiger partial charge in [-0.05, 0) is 51.5 Å². The predicted molar refractivity (Wildman–Crippen MR) is 104 cm³/mol. The van der Waals surface area contributed by atoms with Gasteiger partial charge in [0.2, 0.25) is 5.91 Å². The second-order valence-electron chi connectivity index (χ2n) is 8.06. The van der Waals surface area contributed by atoms with Crippen LogP contribution in [0.1, 0.15) is 18.5 Å². The van der Waals surface area contributed by atoms with Crippen LogP contribution in [0.4, 0.5) is 5.69 Å². The zero-order valence-corrected chi connectivity index (χ0v) is 16.1. The Morgan fingerprint density at radius 2 is 2.11 bits per heavy atom. The SMILES string of the molecule is CN(C)Cc1cn(C[C@H]2C[C@H]3CCN2C[C@@H]3C(=O)Nc2ccccc2)nn1. The molecule has 3 aliphatic heterocycles. The van der Waals surface area contributed by atoms with E-state index in [0.717, 1.165) is 50.4 Å². The summed E-state index contributed by atoms with van der Waals surface area (Å²) in [7, 11) is 4.07. The van der Waals surface area contributed by atoms with E-state index in [1.807, 2.05) is 55.3 Å². The highest BCUT2D eigenvalue weighted by Crippen LogP contribution is 2.37. The molecule has 1 aromatic carbocycles. The molecular formula is C20H28N6O. The number of hydrogen-bond acceptors (Lipinski definition) is 5. The zero-order valence-electron chi connectivity index (χ0n) is 16.1. The van der Waals surface area contributed by atoms with E-state index in [2.05, 4.69) is 25.4 Å². The summed E-state index contributed by atoms with van der Waals surface area (Å²) in [6.07, 6.45) is 4.20. The minimum atomic E-state index is 0.0789. The van der Waals surface area contributed by atoms with Gasteiger partial charge in [-0.15, -0.1) is 5.10 Å². The lowest BCUT2D eigenvalue weighted by Gasteiger charge is -2.49. The molecule has 0 radical (unpaired) electrons. The normalized spacial score (nSPS) is 27.1. The van der Waals surface area contributed by atoms with Gasteiger partial charge in [0.25, 0.3) is 0 Å². The zero-order chi connectivity index (χ0) is 18.8. The summed E-state index contributed by atoms with van der Waals surface area (Å²) < 4.78 is 1.96. The third-order valence-corrected chi connectivity index (χ3v) is 5.72. The molecular weight excluding hydrogens is 340 g/mol. The van der Waals surface area contributed by atoms with Crippen molar-refractivity contribution in [3.8, 4) is 0 Å². The number of benzene rings is 1. The number of nitrogens with one attached hydrogen (secondary N) is 1. The number of anilines is 1. The van der Waals surface area contributed by atoms with E-state index in [-0.39, 0.29) is 11.8 Å². The Balaban J connectivity index is 1.36. The average molecular weight is 368 g/mol. The molecule has 0 aliphatic carbocycles. The van der Waals surface area contributed by atoms with Gasteiger partial charge in [0, 0.05) is 31.0 Å². The minimum absolute atomic E-state index is 0.0789. The lowest BCUT2D eigenvalue weighted by Crippen LogP contribution is -2.57. The number of carbonyl (C=O) groups is 1. The highest BCUT2D eigenvalue weighted by Gasteiger charge is 2.43. The van der Waals surface area contributed by atoms with Crippen LogP contribution < -0.4 is 5.32 Å². The van der Waals surface area contributed by atoms with Crippen molar-refractivity contribution in [2.45, 2.75) is 32.0 Å².